The summed E-state index contributed by atoms with van der Waals surface area (Å²) in [4.78, 5) is 19.8. The molecule has 0 spiro atoms. The third kappa shape index (κ3) is 7.75. The van der Waals surface area contributed by atoms with E-state index in [4.69, 9.17) is 4.74 Å². The quantitative estimate of drug-likeness (QED) is 0.186. The number of rotatable bonds is 8. The van der Waals surface area contributed by atoms with Crippen LogP contribution < -0.4 is 0 Å². The standard InChI is InChI=1S/C23H30N2O2.C13H10S/c1-24(2)23(18-20-10-5-3-6-11-20)19-25(16-17-27-23)15-9-14-22(26)21-12-7-4-8-13-21;1-3-7-12-10(5-1)9-11-6-2-4-8-13(11)14-12/h3-8,10-13H,9,14-19H2,1-2H3;1-8H,9H2. The van der Waals surface area contributed by atoms with Gasteiger partial charge in [-0.05, 0) is 62.3 Å². The first kappa shape index (κ1) is 29.3. The SMILES string of the molecule is CN(C)C1(Cc2ccccc2)CN(CCCC(=O)c2ccccc2)CCO1.c1ccc2c(c1)Cc1ccccc1S2. The van der Waals surface area contributed by atoms with E-state index in [0.29, 0.717) is 6.42 Å². The van der Waals surface area contributed by atoms with E-state index >= 15 is 0 Å². The first-order chi connectivity index (χ1) is 20.0. The summed E-state index contributed by atoms with van der Waals surface area (Å²) >= 11 is 1.88. The van der Waals surface area contributed by atoms with Crippen LogP contribution in [0.1, 0.15) is 39.9 Å². The molecule has 4 aromatic rings. The van der Waals surface area contributed by atoms with Crippen molar-refractivity contribution in [1.29, 1.82) is 0 Å². The molecule has 1 unspecified atom stereocenters. The predicted molar refractivity (Wildman–Crippen MR) is 169 cm³/mol. The number of ether oxygens (including phenoxy) is 1. The van der Waals surface area contributed by atoms with Gasteiger partial charge < -0.3 is 4.74 Å². The van der Waals surface area contributed by atoms with Gasteiger partial charge in [0.05, 0.1) is 6.61 Å². The van der Waals surface area contributed by atoms with Gasteiger partial charge in [-0.2, -0.15) is 0 Å². The molecule has 5 heteroatoms. The van der Waals surface area contributed by atoms with Crippen molar-refractivity contribution in [2.45, 2.75) is 41.2 Å². The summed E-state index contributed by atoms with van der Waals surface area (Å²) in [6, 6.07) is 37.4. The maximum atomic E-state index is 12.3. The summed E-state index contributed by atoms with van der Waals surface area (Å²) in [7, 11) is 4.18. The summed E-state index contributed by atoms with van der Waals surface area (Å²) < 4.78 is 6.28. The minimum atomic E-state index is -0.316. The minimum absolute atomic E-state index is 0.229. The third-order valence-corrected chi connectivity index (χ3v) is 9.14. The van der Waals surface area contributed by atoms with Crippen molar-refractivity contribution in [2.75, 3.05) is 40.3 Å². The van der Waals surface area contributed by atoms with Crippen molar-refractivity contribution in [3.8, 4) is 0 Å². The molecule has 6 rings (SSSR count). The number of Topliss-reactive ketones (excluding diaryl/α,β-unsaturated/α-hetero) is 1. The van der Waals surface area contributed by atoms with E-state index < -0.39 is 0 Å². The van der Waals surface area contributed by atoms with Gasteiger partial charge in [0.2, 0.25) is 0 Å². The lowest BCUT2D eigenvalue weighted by Crippen LogP contribution is -2.60. The van der Waals surface area contributed by atoms with Crippen LogP contribution in [-0.4, -0.2) is 61.6 Å². The summed E-state index contributed by atoms with van der Waals surface area (Å²) in [5.74, 6) is 0.229. The van der Waals surface area contributed by atoms with Crippen LogP contribution in [-0.2, 0) is 17.6 Å². The van der Waals surface area contributed by atoms with Crippen molar-refractivity contribution in [3.05, 3.63) is 131 Å². The highest BCUT2D eigenvalue weighted by molar-refractivity contribution is 7.99. The first-order valence-electron chi connectivity index (χ1n) is 14.5. The van der Waals surface area contributed by atoms with Crippen molar-refractivity contribution in [3.63, 3.8) is 0 Å². The van der Waals surface area contributed by atoms with E-state index in [1.165, 1.54) is 26.5 Å². The lowest BCUT2D eigenvalue weighted by molar-refractivity contribution is -0.182. The monoisotopic (exact) mass is 564 g/mol. The highest BCUT2D eigenvalue weighted by Crippen LogP contribution is 2.38. The molecule has 0 aromatic heterocycles. The molecule has 0 radical (unpaired) electrons. The van der Waals surface area contributed by atoms with Gasteiger partial charge >= 0.3 is 0 Å². The number of hydrogen-bond acceptors (Lipinski definition) is 5. The largest absolute Gasteiger partial charge is 0.357 e. The van der Waals surface area contributed by atoms with Crippen LogP contribution in [0.5, 0.6) is 0 Å². The Balaban J connectivity index is 0.000000200. The molecular weight excluding hydrogens is 524 g/mol. The second kappa shape index (κ2) is 14.1. The normalized spacial score (nSPS) is 18.1. The van der Waals surface area contributed by atoms with Crippen molar-refractivity contribution < 1.29 is 9.53 Å². The predicted octanol–water partition coefficient (Wildman–Crippen LogP) is 7.22. The highest BCUT2D eigenvalue weighted by Gasteiger charge is 2.38. The Labute approximate surface area is 249 Å². The van der Waals surface area contributed by atoms with Gasteiger partial charge in [0, 0.05) is 41.3 Å². The number of carbonyl (C=O) groups is 1. The number of ketones is 1. The molecule has 1 fully saturated rings. The molecule has 41 heavy (non-hydrogen) atoms. The second-order valence-corrected chi connectivity index (χ2v) is 12.1. The maximum Gasteiger partial charge on any atom is 0.162 e. The molecule has 0 N–H and O–H groups in total. The zero-order valence-electron chi connectivity index (χ0n) is 24.2. The maximum absolute atomic E-state index is 12.3. The Morgan fingerprint density at radius 2 is 1.41 bits per heavy atom. The molecule has 4 nitrogen and oxygen atoms in total. The number of likely N-dealkylation sites (N-methyl/N-ethyl adjacent to an activating group) is 1. The first-order valence-corrected chi connectivity index (χ1v) is 15.3. The summed E-state index contributed by atoms with van der Waals surface area (Å²) in [5, 5.41) is 0. The lowest BCUT2D eigenvalue weighted by Gasteiger charge is -2.47. The minimum Gasteiger partial charge on any atom is -0.357 e. The van der Waals surface area contributed by atoms with Gasteiger partial charge in [0.25, 0.3) is 0 Å². The number of nitrogens with zero attached hydrogens (tertiary/aromatic N) is 2. The summed E-state index contributed by atoms with van der Waals surface area (Å²) in [6.07, 6.45) is 3.41. The van der Waals surface area contributed by atoms with Crippen molar-refractivity contribution in [1.82, 2.24) is 9.80 Å². The molecule has 2 heterocycles. The molecule has 2 aliphatic heterocycles. The van der Waals surface area contributed by atoms with Crippen LogP contribution in [0.4, 0.5) is 0 Å². The van der Waals surface area contributed by atoms with Crippen LogP contribution in [0.25, 0.3) is 0 Å². The molecule has 4 aromatic carbocycles. The van der Waals surface area contributed by atoms with E-state index in [2.05, 4.69) is 96.7 Å². The molecule has 0 amide bonds. The third-order valence-electron chi connectivity index (χ3n) is 7.91. The second-order valence-electron chi connectivity index (χ2n) is 11.0. The Morgan fingerprint density at radius 1 is 0.829 bits per heavy atom. The fourth-order valence-electron chi connectivity index (χ4n) is 5.53. The Kier molecular flexibility index (Phi) is 10.1. The van der Waals surface area contributed by atoms with Crippen molar-refractivity contribution >= 4 is 17.5 Å². The van der Waals surface area contributed by atoms with Gasteiger partial charge in [0.15, 0.2) is 5.78 Å². The lowest BCUT2D eigenvalue weighted by atomic mass is 9.99. The average molecular weight is 565 g/mol. The Morgan fingerprint density at radius 3 is 2.05 bits per heavy atom. The van der Waals surface area contributed by atoms with Gasteiger partial charge in [-0.15, -0.1) is 0 Å². The fourth-order valence-corrected chi connectivity index (χ4v) is 6.61. The summed E-state index contributed by atoms with van der Waals surface area (Å²) in [5.41, 5.74) is 4.69. The van der Waals surface area contributed by atoms with Crippen LogP contribution in [0, 0.1) is 0 Å². The number of hydrogen-bond donors (Lipinski definition) is 0. The van der Waals surface area contributed by atoms with E-state index in [-0.39, 0.29) is 11.5 Å². The topological polar surface area (TPSA) is 32.8 Å². The molecule has 212 valence electrons. The van der Waals surface area contributed by atoms with Crippen molar-refractivity contribution in [2.24, 2.45) is 0 Å². The number of carbonyl (C=O) groups excluding carboxylic acids is 1. The van der Waals surface area contributed by atoms with Gasteiger partial charge in [-0.25, -0.2) is 0 Å². The molecule has 1 saturated heterocycles. The summed E-state index contributed by atoms with van der Waals surface area (Å²) in [6.45, 7) is 3.42. The fraction of sp³-hybridized carbons (Fsp3) is 0.306. The van der Waals surface area contributed by atoms with E-state index in [1.807, 2.05) is 48.2 Å². The van der Waals surface area contributed by atoms with E-state index in [1.54, 1.807) is 0 Å². The molecule has 2 aliphatic rings. The zero-order chi connectivity index (χ0) is 28.5. The van der Waals surface area contributed by atoms with Crippen LogP contribution in [0.15, 0.2) is 119 Å². The zero-order valence-corrected chi connectivity index (χ0v) is 25.0. The Bertz CT molecular complexity index is 1320. The average Bonchev–Trinajstić information content (AvgIpc) is 3.01. The van der Waals surface area contributed by atoms with Gasteiger partial charge in [-0.3, -0.25) is 14.6 Å². The highest BCUT2D eigenvalue weighted by atomic mass is 32.2. The molecule has 1 atom stereocenters. The van der Waals surface area contributed by atoms with Gasteiger partial charge in [-0.1, -0.05) is 109 Å². The van der Waals surface area contributed by atoms with Crippen LogP contribution in [0.2, 0.25) is 0 Å². The van der Waals surface area contributed by atoms with Crippen LogP contribution >= 0.6 is 11.8 Å². The van der Waals surface area contributed by atoms with Gasteiger partial charge in [0.1, 0.15) is 5.72 Å². The van der Waals surface area contributed by atoms with E-state index in [9.17, 15) is 4.79 Å². The molecule has 0 saturated carbocycles. The molecule has 0 bridgehead atoms. The number of benzene rings is 4. The number of morpholine rings is 1. The van der Waals surface area contributed by atoms with Crippen LogP contribution in [0.3, 0.4) is 0 Å². The smallest absolute Gasteiger partial charge is 0.162 e. The Hall–Kier alpha value is -3.22. The molecule has 0 aliphatic carbocycles. The number of fused-ring (bicyclic) bond motifs is 2. The van der Waals surface area contributed by atoms with E-state index in [0.717, 1.165) is 51.1 Å². The molecular formula is C36H40N2O2S.